The topological polar surface area (TPSA) is 27.7 Å². The first kappa shape index (κ1) is 17.5. The van der Waals surface area contributed by atoms with Gasteiger partial charge in [-0.2, -0.15) is 0 Å². The molecule has 1 aromatic carbocycles. The van der Waals surface area contributed by atoms with Crippen LogP contribution in [0.3, 0.4) is 0 Å². The van der Waals surface area contributed by atoms with Gasteiger partial charge in [0.25, 0.3) is 0 Å². The number of hydrogen-bond acceptors (Lipinski definition) is 3. The molecule has 4 nitrogen and oxygen atoms in total. The monoisotopic (exact) mass is 302 g/mol. The summed E-state index contributed by atoms with van der Waals surface area (Å²) in [5.74, 6) is 1.15. The zero-order valence-electron chi connectivity index (χ0n) is 13.5. The normalized spacial score (nSPS) is 13.5. The van der Waals surface area contributed by atoms with Gasteiger partial charge in [0.2, 0.25) is 0 Å². The van der Waals surface area contributed by atoms with Crippen LogP contribution in [0.1, 0.15) is 11.1 Å². The lowest BCUT2D eigenvalue weighted by Crippen LogP contribution is -2.46. The molecule has 1 aromatic rings. The fraction of sp³-hybridized carbons (Fsp3) is 0.600. The van der Waals surface area contributed by atoms with Crippen molar-refractivity contribution in [2.45, 2.75) is 12.2 Å². The van der Waals surface area contributed by atoms with Crippen LogP contribution in [-0.2, 0) is 26.7 Å². The van der Waals surface area contributed by atoms with E-state index in [4.69, 9.17) is 14.5 Å². The second kappa shape index (κ2) is 7.43. The number of hydroxylamine groups is 3. The summed E-state index contributed by atoms with van der Waals surface area (Å²) >= 11 is 0. The van der Waals surface area contributed by atoms with Crippen LogP contribution >= 0.6 is 10.0 Å². The van der Waals surface area contributed by atoms with Gasteiger partial charge in [-0.3, -0.25) is 0 Å². The highest BCUT2D eigenvalue weighted by Gasteiger charge is 2.30. The maximum Gasteiger partial charge on any atom is 0.182 e. The summed E-state index contributed by atoms with van der Waals surface area (Å²) in [4.78, 5) is 15.5. The van der Waals surface area contributed by atoms with Crippen LogP contribution in [0.4, 0.5) is 0 Å². The zero-order chi connectivity index (χ0) is 15.2. The molecule has 0 radical (unpaired) electrons. The van der Waals surface area contributed by atoms with Crippen LogP contribution in [0.15, 0.2) is 24.3 Å². The molecule has 0 fully saturated rings. The van der Waals surface area contributed by atoms with Crippen molar-refractivity contribution >= 4 is 10.0 Å². The second-order valence-corrected chi connectivity index (χ2v) is 10.2. The SMILES string of the molecule is CO[N+](CCc1cccc(CS(C)(C)C)c1)(OC)OC. The molecular weight excluding hydrogens is 274 g/mol. The minimum Gasteiger partial charge on any atom is -0.246 e. The van der Waals surface area contributed by atoms with E-state index in [1.807, 2.05) is 0 Å². The number of rotatable bonds is 8. The Morgan fingerprint density at radius 2 is 1.50 bits per heavy atom. The third-order valence-electron chi connectivity index (χ3n) is 3.10. The molecule has 0 spiro atoms. The predicted octanol–water partition coefficient (Wildman–Crippen LogP) is 2.92. The molecule has 0 N–H and O–H groups in total. The lowest BCUT2D eigenvalue weighted by atomic mass is 10.1. The van der Waals surface area contributed by atoms with E-state index in [2.05, 4.69) is 43.0 Å². The summed E-state index contributed by atoms with van der Waals surface area (Å²) in [6.45, 7) is 0.606. The molecule has 0 amide bonds. The smallest absolute Gasteiger partial charge is 0.182 e. The van der Waals surface area contributed by atoms with E-state index in [1.165, 1.54) is 11.1 Å². The third-order valence-corrected chi connectivity index (χ3v) is 4.30. The fourth-order valence-corrected chi connectivity index (χ4v) is 3.32. The predicted molar refractivity (Wildman–Crippen MR) is 85.4 cm³/mol. The first-order chi connectivity index (χ1) is 9.34. The summed E-state index contributed by atoms with van der Waals surface area (Å²) < 4.78 is 0. The molecule has 0 aliphatic carbocycles. The van der Waals surface area contributed by atoms with Gasteiger partial charge in [0, 0.05) is 12.2 Å². The van der Waals surface area contributed by atoms with Gasteiger partial charge in [0.1, 0.15) is 21.3 Å². The molecule has 0 bridgehead atoms. The zero-order valence-corrected chi connectivity index (χ0v) is 14.3. The Labute approximate surface area is 124 Å². The summed E-state index contributed by atoms with van der Waals surface area (Å²) in [7, 11) is 4.20. The molecule has 0 saturated heterocycles. The van der Waals surface area contributed by atoms with E-state index >= 15 is 0 Å². The fourth-order valence-electron chi connectivity index (χ4n) is 2.14. The molecule has 0 aliphatic heterocycles. The molecule has 116 valence electrons. The molecule has 0 atom stereocenters. The maximum atomic E-state index is 5.27. The Morgan fingerprint density at radius 1 is 0.950 bits per heavy atom. The van der Waals surface area contributed by atoms with E-state index in [0.717, 1.165) is 12.2 Å². The van der Waals surface area contributed by atoms with Crippen LogP contribution in [0.25, 0.3) is 0 Å². The van der Waals surface area contributed by atoms with Crippen molar-refractivity contribution in [1.82, 2.24) is 0 Å². The van der Waals surface area contributed by atoms with E-state index in [-0.39, 0.29) is 4.97 Å². The minimum atomic E-state index is -0.529. The highest BCUT2D eigenvalue weighted by molar-refractivity contribution is 8.31. The lowest BCUT2D eigenvalue weighted by Gasteiger charge is -2.26. The van der Waals surface area contributed by atoms with Crippen LogP contribution in [0, 0.1) is 0 Å². The Hall–Kier alpha value is -0.590. The number of quaternary nitrogens is 1. The average Bonchev–Trinajstić information content (AvgIpc) is 2.39. The van der Waals surface area contributed by atoms with Crippen molar-refractivity contribution in [3.8, 4) is 0 Å². The van der Waals surface area contributed by atoms with Crippen molar-refractivity contribution in [1.29, 1.82) is 0 Å². The molecule has 0 saturated carbocycles. The van der Waals surface area contributed by atoms with Crippen LogP contribution < -0.4 is 0 Å². The summed E-state index contributed by atoms with van der Waals surface area (Å²) in [5, 5.41) is 0. The van der Waals surface area contributed by atoms with Gasteiger partial charge in [-0.05, 0) is 29.9 Å². The van der Waals surface area contributed by atoms with Gasteiger partial charge in [0.05, 0.1) is 4.97 Å². The number of nitrogens with zero attached hydrogens (tertiary/aromatic N) is 1. The van der Waals surface area contributed by atoms with Gasteiger partial charge in [0.15, 0.2) is 6.54 Å². The van der Waals surface area contributed by atoms with Crippen molar-refractivity contribution < 1.29 is 19.5 Å². The Morgan fingerprint density at radius 3 is 2.00 bits per heavy atom. The van der Waals surface area contributed by atoms with Gasteiger partial charge >= 0.3 is 0 Å². The highest BCUT2D eigenvalue weighted by Crippen LogP contribution is 2.39. The number of hydrogen-bond donors (Lipinski definition) is 0. The Bertz CT molecular complexity index is 406. The van der Waals surface area contributed by atoms with Gasteiger partial charge in [-0.25, -0.2) is 10.0 Å². The second-order valence-electron chi connectivity index (χ2n) is 5.69. The molecule has 5 heteroatoms. The molecule has 0 unspecified atom stereocenters. The van der Waals surface area contributed by atoms with E-state index < -0.39 is 10.0 Å². The number of benzene rings is 1. The minimum absolute atomic E-state index is 0.255. The van der Waals surface area contributed by atoms with Crippen molar-refractivity contribution in [3.05, 3.63) is 35.4 Å². The molecule has 0 aliphatic rings. The summed E-state index contributed by atoms with van der Waals surface area (Å²) in [5.41, 5.74) is 2.68. The molecule has 0 aromatic heterocycles. The van der Waals surface area contributed by atoms with Gasteiger partial charge < -0.3 is 0 Å². The molecular formula is C15H28NO3S+. The van der Waals surface area contributed by atoms with E-state index in [9.17, 15) is 0 Å². The van der Waals surface area contributed by atoms with Crippen LogP contribution in [-0.4, -0.2) is 51.6 Å². The maximum absolute atomic E-state index is 5.27. The largest absolute Gasteiger partial charge is 0.246 e. The standard InChI is InChI=1S/C15H28NO3S/c1-17-16(18-2,19-3)11-10-14-8-7-9-15(12-14)13-20(4,5)6/h7-9,12H,10-11,13H2,1-6H3/q+1. The molecule has 0 heterocycles. The van der Waals surface area contributed by atoms with E-state index in [0.29, 0.717) is 6.54 Å². The third kappa shape index (κ3) is 5.42. The quantitative estimate of drug-likeness (QED) is 0.546. The summed E-state index contributed by atoms with van der Waals surface area (Å²) in [6, 6.07) is 8.73. The van der Waals surface area contributed by atoms with Crippen molar-refractivity contribution in [3.63, 3.8) is 0 Å². The van der Waals surface area contributed by atoms with Crippen LogP contribution in [0.5, 0.6) is 0 Å². The molecule has 20 heavy (non-hydrogen) atoms. The van der Waals surface area contributed by atoms with Gasteiger partial charge in [-0.15, -0.1) is 14.5 Å². The first-order valence-corrected chi connectivity index (χ1v) is 9.66. The van der Waals surface area contributed by atoms with E-state index in [1.54, 1.807) is 21.3 Å². The highest BCUT2D eigenvalue weighted by atomic mass is 32.3. The Balaban J connectivity index is 2.71. The van der Waals surface area contributed by atoms with Crippen LogP contribution in [0.2, 0.25) is 0 Å². The molecule has 1 rings (SSSR count). The van der Waals surface area contributed by atoms with Crippen molar-refractivity contribution in [2.24, 2.45) is 0 Å². The first-order valence-electron chi connectivity index (χ1n) is 6.63. The average molecular weight is 302 g/mol. The Kier molecular flexibility index (Phi) is 6.48. The van der Waals surface area contributed by atoms with Gasteiger partial charge in [-0.1, -0.05) is 24.3 Å². The van der Waals surface area contributed by atoms with Crippen molar-refractivity contribution in [2.75, 3.05) is 46.6 Å². The lowest BCUT2D eigenvalue weighted by molar-refractivity contribution is -1.36. The summed E-state index contributed by atoms with van der Waals surface area (Å²) in [6.07, 6.45) is 7.84.